The Morgan fingerprint density at radius 3 is 2.81 bits per heavy atom. The number of fused-ring (bicyclic) bond motifs is 2. The first-order valence-corrected chi connectivity index (χ1v) is 10.7. The summed E-state index contributed by atoms with van der Waals surface area (Å²) in [5, 5.41) is 12.5. The van der Waals surface area contributed by atoms with Crippen molar-refractivity contribution in [3.8, 4) is 11.5 Å². The number of aromatic nitrogens is 2. The zero-order chi connectivity index (χ0) is 22.5. The molecule has 0 spiro atoms. The fraction of sp³-hybridized carbons (Fsp3) is 0.350. The number of benzene rings is 1. The average molecular weight is 465 g/mol. The van der Waals surface area contributed by atoms with Gasteiger partial charge in [0.25, 0.3) is 0 Å². The molecule has 1 aromatic carbocycles. The Morgan fingerprint density at radius 1 is 1.34 bits per heavy atom. The van der Waals surface area contributed by atoms with Crippen LogP contribution in [0.25, 0.3) is 10.2 Å². The molecule has 0 radical (unpaired) electrons. The molecule has 2 aromatic heterocycles. The molecule has 3 aromatic rings. The predicted octanol–water partition coefficient (Wildman–Crippen LogP) is 2.54. The fourth-order valence-electron chi connectivity index (χ4n) is 3.67. The van der Waals surface area contributed by atoms with Crippen LogP contribution in [0.5, 0.6) is 11.5 Å². The van der Waals surface area contributed by atoms with E-state index < -0.39 is 12.3 Å². The predicted molar refractivity (Wildman–Crippen MR) is 108 cm³/mol. The van der Waals surface area contributed by atoms with Crippen LogP contribution in [0.3, 0.4) is 0 Å². The zero-order valence-corrected chi connectivity index (χ0v) is 17.6. The number of rotatable bonds is 4. The van der Waals surface area contributed by atoms with Crippen molar-refractivity contribution in [2.45, 2.75) is 25.4 Å². The molecule has 4 heterocycles. The van der Waals surface area contributed by atoms with Gasteiger partial charge in [-0.15, -0.1) is 8.78 Å². The normalized spacial score (nSPS) is 20.9. The number of nitrogens with one attached hydrogen (secondary N) is 1. The number of hydrogen-bond donors (Lipinski definition) is 2. The lowest BCUT2D eigenvalue weighted by Gasteiger charge is -2.36. The first kappa shape index (κ1) is 20.8. The summed E-state index contributed by atoms with van der Waals surface area (Å²) in [6.45, 7) is 3.37. The molecule has 5 rings (SSSR count). The second-order valence-electron chi connectivity index (χ2n) is 7.48. The maximum Gasteiger partial charge on any atom is 0.586 e. The number of ether oxygens (including phenoxy) is 3. The molecule has 9 nitrogen and oxygen atoms in total. The van der Waals surface area contributed by atoms with Crippen molar-refractivity contribution in [2.75, 3.05) is 25.0 Å². The summed E-state index contributed by atoms with van der Waals surface area (Å²) < 4.78 is 42.7. The molecule has 2 unspecified atom stereocenters. The van der Waals surface area contributed by atoms with Crippen LogP contribution >= 0.6 is 11.3 Å². The Balaban J connectivity index is 1.26. The van der Waals surface area contributed by atoms with E-state index in [1.807, 2.05) is 4.90 Å². The van der Waals surface area contributed by atoms with Crippen LogP contribution in [0.2, 0.25) is 0 Å². The SMILES string of the molecule is CC(C(=O)Nc1nc2cc3c(cc2s1)OC(F)(F)O3)N1CCOC(c2cc[n+](O)cc2)C1. The topological polar surface area (TPSA) is 97.0 Å². The first-order valence-electron chi connectivity index (χ1n) is 9.85. The molecule has 2 atom stereocenters. The summed E-state index contributed by atoms with van der Waals surface area (Å²) in [6.07, 6.45) is -0.863. The monoisotopic (exact) mass is 465 g/mol. The summed E-state index contributed by atoms with van der Waals surface area (Å²) in [4.78, 5) is 19.2. The highest BCUT2D eigenvalue weighted by atomic mass is 32.1. The van der Waals surface area contributed by atoms with Gasteiger partial charge in [-0.2, -0.15) is 0 Å². The van der Waals surface area contributed by atoms with E-state index in [-0.39, 0.29) is 23.5 Å². The molecule has 0 bridgehead atoms. The van der Waals surface area contributed by atoms with Crippen molar-refractivity contribution in [2.24, 2.45) is 0 Å². The van der Waals surface area contributed by atoms with E-state index in [2.05, 4.69) is 19.8 Å². The van der Waals surface area contributed by atoms with Crippen LogP contribution in [0.1, 0.15) is 18.6 Å². The molecule has 0 saturated carbocycles. The van der Waals surface area contributed by atoms with Crippen LogP contribution in [0.4, 0.5) is 13.9 Å². The zero-order valence-electron chi connectivity index (χ0n) is 16.8. The highest BCUT2D eigenvalue weighted by Gasteiger charge is 2.43. The molecule has 1 amide bonds. The average Bonchev–Trinajstić information content (AvgIpc) is 3.28. The van der Waals surface area contributed by atoms with E-state index in [9.17, 15) is 18.8 Å². The van der Waals surface area contributed by atoms with E-state index in [1.54, 1.807) is 19.1 Å². The second kappa shape index (κ2) is 7.80. The molecule has 2 aliphatic heterocycles. The van der Waals surface area contributed by atoms with E-state index >= 15 is 0 Å². The molecule has 1 fully saturated rings. The number of carbonyl (C=O) groups is 1. The molecular formula is C20H19F2N4O5S+. The third-order valence-corrected chi connectivity index (χ3v) is 6.31. The minimum Gasteiger partial charge on any atom is -0.395 e. The fourth-order valence-corrected chi connectivity index (χ4v) is 4.55. The molecule has 2 aliphatic rings. The number of alkyl halides is 2. The Kier molecular flexibility index (Phi) is 5.07. The van der Waals surface area contributed by atoms with Crippen molar-refractivity contribution in [1.82, 2.24) is 9.88 Å². The third kappa shape index (κ3) is 4.04. The third-order valence-electron chi connectivity index (χ3n) is 5.38. The lowest BCUT2D eigenvalue weighted by atomic mass is 10.1. The largest absolute Gasteiger partial charge is 0.586 e. The second-order valence-corrected chi connectivity index (χ2v) is 8.51. The Labute approximate surface area is 184 Å². The van der Waals surface area contributed by atoms with Gasteiger partial charge in [0.1, 0.15) is 0 Å². The van der Waals surface area contributed by atoms with Crippen molar-refractivity contribution in [3.05, 3.63) is 42.2 Å². The number of pyridine rings is 1. The van der Waals surface area contributed by atoms with Crippen LogP contribution in [-0.4, -0.2) is 53.0 Å². The summed E-state index contributed by atoms with van der Waals surface area (Å²) in [5.41, 5.74) is 1.33. The molecule has 0 aliphatic carbocycles. The summed E-state index contributed by atoms with van der Waals surface area (Å²) in [6, 6.07) is 5.87. The Morgan fingerprint density at radius 2 is 2.06 bits per heavy atom. The van der Waals surface area contributed by atoms with Crippen LogP contribution < -0.4 is 19.5 Å². The number of halogens is 2. The van der Waals surface area contributed by atoms with Gasteiger partial charge in [-0.25, -0.2) is 4.98 Å². The van der Waals surface area contributed by atoms with Gasteiger partial charge >= 0.3 is 6.29 Å². The summed E-state index contributed by atoms with van der Waals surface area (Å²) in [7, 11) is 0. The quantitative estimate of drug-likeness (QED) is 0.452. The lowest BCUT2D eigenvalue weighted by molar-refractivity contribution is -0.904. The molecule has 12 heteroatoms. The molecule has 2 N–H and O–H groups in total. The highest BCUT2D eigenvalue weighted by Crippen LogP contribution is 2.44. The number of anilines is 1. The van der Waals surface area contributed by atoms with E-state index in [1.165, 1.54) is 24.5 Å². The van der Waals surface area contributed by atoms with Gasteiger partial charge in [0.2, 0.25) is 18.3 Å². The first-order chi connectivity index (χ1) is 15.3. The van der Waals surface area contributed by atoms with Gasteiger partial charge in [-0.1, -0.05) is 11.3 Å². The number of amides is 1. The van der Waals surface area contributed by atoms with Gasteiger partial charge in [0, 0.05) is 42.1 Å². The van der Waals surface area contributed by atoms with Gasteiger partial charge in [-0.05, 0) is 12.5 Å². The number of carbonyl (C=O) groups excluding carboxylic acids is 1. The van der Waals surface area contributed by atoms with E-state index in [0.29, 0.717) is 35.0 Å². The van der Waals surface area contributed by atoms with Crippen molar-refractivity contribution >= 4 is 32.6 Å². The van der Waals surface area contributed by atoms with Gasteiger partial charge in [0.15, 0.2) is 16.6 Å². The molecule has 168 valence electrons. The summed E-state index contributed by atoms with van der Waals surface area (Å²) >= 11 is 1.16. The van der Waals surface area contributed by atoms with Crippen LogP contribution in [0, 0.1) is 0 Å². The van der Waals surface area contributed by atoms with Crippen molar-refractivity contribution in [3.63, 3.8) is 0 Å². The van der Waals surface area contributed by atoms with Crippen molar-refractivity contribution < 1.29 is 37.7 Å². The minimum atomic E-state index is -3.69. The van der Waals surface area contributed by atoms with E-state index in [4.69, 9.17) is 4.74 Å². The number of thiazole rings is 1. The maximum atomic E-state index is 13.2. The van der Waals surface area contributed by atoms with Crippen LogP contribution in [-0.2, 0) is 9.53 Å². The van der Waals surface area contributed by atoms with Gasteiger partial charge in [0.05, 0.1) is 29.0 Å². The number of nitrogens with zero attached hydrogens (tertiary/aromatic N) is 3. The Bertz CT molecular complexity index is 1130. The summed E-state index contributed by atoms with van der Waals surface area (Å²) in [5.74, 6) is -0.395. The van der Waals surface area contributed by atoms with Gasteiger partial charge in [-0.3, -0.25) is 14.9 Å². The maximum absolute atomic E-state index is 13.2. The van der Waals surface area contributed by atoms with Crippen LogP contribution in [0.15, 0.2) is 36.7 Å². The number of hydrogen-bond acceptors (Lipinski definition) is 8. The Hall–Kier alpha value is -3.09. The van der Waals surface area contributed by atoms with Gasteiger partial charge < -0.3 is 19.5 Å². The minimum absolute atomic E-state index is 0.0654. The molecular weight excluding hydrogens is 446 g/mol. The molecule has 1 saturated heterocycles. The van der Waals surface area contributed by atoms with Crippen molar-refractivity contribution in [1.29, 1.82) is 0 Å². The lowest BCUT2D eigenvalue weighted by Crippen LogP contribution is -2.48. The number of morpholine rings is 1. The van der Waals surface area contributed by atoms with E-state index in [0.717, 1.165) is 21.6 Å². The standard InChI is InChI=1S/C20H18F2N4O5S/c1-11(25-6-7-29-16(10-25)12-2-4-26(28)5-3-12)18(27)24-19-23-13-8-14-15(9-17(13)32-19)31-20(21,22)30-14/h2-5,8-9,11,16H,6-7,10H2,1H3,(H-,23,24,27,28)/p+1. The smallest absolute Gasteiger partial charge is 0.395 e. The molecule has 32 heavy (non-hydrogen) atoms. The highest BCUT2D eigenvalue weighted by molar-refractivity contribution is 7.22.